The predicted octanol–water partition coefficient (Wildman–Crippen LogP) is 2.69. The van der Waals surface area contributed by atoms with Gasteiger partial charge in [-0.2, -0.15) is 0 Å². The van der Waals surface area contributed by atoms with E-state index in [0.29, 0.717) is 6.54 Å². The summed E-state index contributed by atoms with van der Waals surface area (Å²) in [5.41, 5.74) is 1.75. The lowest BCUT2D eigenvalue weighted by Crippen LogP contribution is -2.31. The van der Waals surface area contributed by atoms with Crippen molar-refractivity contribution in [2.45, 2.75) is 25.9 Å². The summed E-state index contributed by atoms with van der Waals surface area (Å²) in [6.07, 6.45) is 6.22. The first-order chi connectivity index (χ1) is 10.7. The first-order valence-electron chi connectivity index (χ1n) is 7.40. The van der Waals surface area contributed by atoms with E-state index in [1.54, 1.807) is 17.4 Å². The molecule has 22 heavy (non-hydrogen) atoms. The van der Waals surface area contributed by atoms with Gasteiger partial charge in [-0.3, -0.25) is 4.79 Å². The van der Waals surface area contributed by atoms with Crippen molar-refractivity contribution < 1.29 is 9.90 Å². The second kappa shape index (κ2) is 6.05. The molecule has 1 N–H and O–H groups in total. The molecule has 0 fully saturated rings. The summed E-state index contributed by atoms with van der Waals surface area (Å²) in [7, 11) is 0. The molecule has 0 aliphatic carbocycles. The highest BCUT2D eigenvalue weighted by Crippen LogP contribution is 2.36. The number of rotatable bonds is 5. The molecule has 0 bridgehead atoms. The first kappa shape index (κ1) is 14.4. The van der Waals surface area contributed by atoms with Crippen molar-refractivity contribution in [3.63, 3.8) is 0 Å². The average molecular weight is 297 g/mol. The van der Waals surface area contributed by atoms with E-state index in [2.05, 4.69) is 4.98 Å². The third-order valence-electron chi connectivity index (χ3n) is 4.05. The smallest absolute Gasteiger partial charge is 0.289 e. The molecule has 1 amide bonds. The van der Waals surface area contributed by atoms with Gasteiger partial charge < -0.3 is 14.6 Å². The van der Waals surface area contributed by atoms with E-state index in [-0.39, 0.29) is 17.7 Å². The second-order valence-corrected chi connectivity index (χ2v) is 5.50. The Hall–Kier alpha value is -2.56. The molecule has 0 radical (unpaired) electrons. The monoisotopic (exact) mass is 297 g/mol. The summed E-state index contributed by atoms with van der Waals surface area (Å²) >= 11 is 0. The van der Waals surface area contributed by atoms with E-state index < -0.39 is 0 Å². The Balaban J connectivity index is 1.75. The molecule has 1 unspecified atom stereocenters. The third kappa shape index (κ3) is 2.62. The number of benzene rings is 1. The largest absolute Gasteiger partial charge is 0.503 e. The number of imidazole rings is 1. The second-order valence-electron chi connectivity index (χ2n) is 5.50. The van der Waals surface area contributed by atoms with Crippen LogP contribution in [0.5, 0.6) is 0 Å². The molecular weight excluding hydrogens is 278 g/mol. The van der Waals surface area contributed by atoms with Crippen LogP contribution in [0, 0.1) is 0 Å². The molecule has 5 nitrogen and oxygen atoms in total. The molecule has 0 saturated heterocycles. The van der Waals surface area contributed by atoms with Gasteiger partial charge in [0.1, 0.15) is 0 Å². The molecule has 1 aromatic heterocycles. The first-order valence-corrected chi connectivity index (χ1v) is 7.40. The van der Waals surface area contributed by atoms with Crippen LogP contribution in [0.4, 0.5) is 0 Å². The van der Waals surface area contributed by atoms with Crippen LogP contribution in [-0.4, -0.2) is 32.0 Å². The Morgan fingerprint density at radius 1 is 1.23 bits per heavy atom. The van der Waals surface area contributed by atoms with Crippen molar-refractivity contribution in [3.8, 4) is 0 Å². The van der Waals surface area contributed by atoms with E-state index in [4.69, 9.17) is 0 Å². The number of aliphatic hydroxyl groups excluding tert-OH is 1. The summed E-state index contributed by atoms with van der Waals surface area (Å²) in [6.45, 7) is 3.21. The van der Waals surface area contributed by atoms with Gasteiger partial charge in [-0.1, -0.05) is 30.3 Å². The van der Waals surface area contributed by atoms with Crippen LogP contribution >= 0.6 is 0 Å². The lowest BCUT2D eigenvalue weighted by molar-refractivity contribution is -0.129. The number of carbonyl (C=O) groups excluding carboxylic acids is 1. The van der Waals surface area contributed by atoms with Gasteiger partial charge in [0, 0.05) is 31.1 Å². The SMILES string of the molecule is CC1=C(O)C(=O)N(CCCn2ccnc2)C1c1ccccc1. The minimum atomic E-state index is -0.281. The molecule has 114 valence electrons. The zero-order chi connectivity index (χ0) is 15.5. The minimum absolute atomic E-state index is 0.114. The maximum absolute atomic E-state index is 12.3. The summed E-state index contributed by atoms with van der Waals surface area (Å²) in [4.78, 5) is 18.0. The van der Waals surface area contributed by atoms with Gasteiger partial charge in [-0.15, -0.1) is 0 Å². The summed E-state index contributed by atoms with van der Waals surface area (Å²) < 4.78 is 1.98. The highest BCUT2D eigenvalue weighted by molar-refractivity contribution is 5.95. The molecule has 1 atom stereocenters. The van der Waals surface area contributed by atoms with Gasteiger partial charge in [0.05, 0.1) is 12.4 Å². The molecule has 1 aliphatic rings. The Kier molecular flexibility index (Phi) is 3.96. The van der Waals surface area contributed by atoms with Crippen LogP contribution in [0.25, 0.3) is 0 Å². The van der Waals surface area contributed by atoms with E-state index in [1.165, 1.54) is 0 Å². The third-order valence-corrected chi connectivity index (χ3v) is 4.05. The molecule has 2 heterocycles. The van der Waals surface area contributed by atoms with Crippen molar-refractivity contribution in [3.05, 3.63) is 65.9 Å². The van der Waals surface area contributed by atoms with Crippen LogP contribution in [0.2, 0.25) is 0 Å². The van der Waals surface area contributed by atoms with Gasteiger partial charge >= 0.3 is 0 Å². The Bertz CT molecular complexity index is 677. The van der Waals surface area contributed by atoms with Gasteiger partial charge in [0.2, 0.25) is 0 Å². The zero-order valence-corrected chi connectivity index (χ0v) is 12.5. The van der Waals surface area contributed by atoms with Crippen molar-refractivity contribution in [2.75, 3.05) is 6.54 Å². The van der Waals surface area contributed by atoms with Crippen LogP contribution in [0.15, 0.2) is 60.4 Å². The predicted molar refractivity (Wildman–Crippen MR) is 83.1 cm³/mol. The number of hydrogen-bond donors (Lipinski definition) is 1. The molecule has 1 aliphatic heterocycles. The van der Waals surface area contributed by atoms with Crippen LogP contribution < -0.4 is 0 Å². The van der Waals surface area contributed by atoms with Gasteiger partial charge in [0.25, 0.3) is 5.91 Å². The van der Waals surface area contributed by atoms with Crippen LogP contribution in [0.3, 0.4) is 0 Å². The maximum Gasteiger partial charge on any atom is 0.289 e. The fourth-order valence-electron chi connectivity index (χ4n) is 2.92. The Labute approximate surface area is 129 Å². The van der Waals surface area contributed by atoms with Crippen LogP contribution in [0.1, 0.15) is 24.9 Å². The van der Waals surface area contributed by atoms with Crippen molar-refractivity contribution >= 4 is 5.91 Å². The molecule has 1 aromatic carbocycles. The highest BCUT2D eigenvalue weighted by atomic mass is 16.3. The summed E-state index contributed by atoms with van der Waals surface area (Å²) in [5.74, 6) is -0.395. The Morgan fingerprint density at radius 3 is 2.68 bits per heavy atom. The molecule has 3 rings (SSSR count). The molecule has 0 saturated carbocycles. The van der Waals surface area contributed by atoms with Crippen molar-refractivity contribution in [2.24, 2.45) is 0 Å². The number of aromatic nitrogens is 2. The topological polar surface area (TPSA) is 58.4 Å². The lowest BCUT2D eigenvalue weighted by Gasteiger charge is -2.26. The fraction of sp³-hybridized carbons (Fsp3) is 0.294. The van der Waals surface area contributed by atoms with E-state index in [9.17, 15) is 9.90 Å². The number of amides is 1. The summed E-state index contributed by atoms with van der Waals surface area (Å²) in [5, 5.41) is 10.0. The molecule has 2 aromatic rings. The Morgan fingerprint density at radius 2 is 2.00 bits per heavy atom. The van der Waals surface area contributed by atoms with Crippen LogP contribution in [-0.2, 0) is 11.3 Å². The highest BCUT2D eigenvalue weighted by Gasteiger charge is 2.37. The molecule has 0 spiro atoms. The van der Waals surface area contributed by atoms with E-state index in [1.807, 2.05) is 48.0 Å². The quantitative estimate of drug-likeness (QED) is 0.923. The van der Waals surface area contributed by atoms with Crippen molar-refractivity contribution in [1.29, 1.82) is 0 Å². The number of nitrogens with zero attached hydrogens (tertiary/aromatic N) is 3. The van der Waals surface area contributed by atoms with Gasteiger partial charge in [-0.05, 0) is 18.9 Å². The average Bonchev–Trinajstić information content (AvgIpc) is 3.12. The fourth-order valence-corrected chi connectivity index (χ4v) is 2.92. The zero-order valence-electron chi connectivity index (χ0n) is 12.5. The molecular formula is C17H19N3O2. The van der Waals surface area contributed by atoms with E-state index >= 15 is 0 Å². The van der Waals surface area contributed by atoms with E-state index in [0.717, 1.165) is 24.1 Å². The van der Waals surface area contributed by atoms with Gasteiger partial charge in [0.15, 0.2) is 5.76 Å². The van der Waals surface area contributed by atoms with Crippen molar-refractivity contribution in [1.82, 2.24) is 14.5 Å². The number of aryl methyl sites for hydroxylation is 1. The van der Waals surface area contributed by atoms with Gasteiger partial charge in [-0.25, -0.2) is 4.98 Å². The minimum Gasteiger partial charge on any atom is -0.503 e. The lowest BCUT2D eigenvalue weighted by atomic mass is 10.0. The summed E-state index contributed by atoms with van der Waals surface area (Å²) in [6, 6.07) is 9.66. The molecule has 5 heteroatoms. The number of carbonyl (C=O) groups is 1. The normalized spacial score (nSPS) is 18.3. The number of hydrogen-bond acceptors (Lipinski definition) is 3. The standard InChI is InChI=1S/C17H19N3O2/c1-13-15(14-6-3-2-4-7-14)20(17(22)16(13)21)10-5-9-19-11-8-18-12-19/h2-4,6-8,11-12,15,21H,5,9-10H2,1H3. The number of aliphatic hydroxyl groups is 1. The maximum atomic E-state index is 12.3.